The first kappa shape index (κ1) is 11.9. The Balaban J connectivity index is 2.04. The van der Waals surface area contributed by atoms with Crippen molar-refractivity contribution in [3.8, 4) is 0 Å². The Morgan fingerprint density at radius 2 is 2.35 bits per heavy atom. The molecule has 1 aliphatic rings. The van der Waals surface area contributed by atoms with Gasteiger partial charge in [0.15, 0.2) is 0 Å². The maximum atomic E-state index is 12.0. The summed E-state index contributed by atoms with van der Waals surface area (Å²) in [5.41, 5.74) is 1.51. The number of pyridine rings is 1. The lowest BCUT2D eigenvalue weighted by Gasteiger charge is -2.10. The molecule has 1 saturated carbocycles. The second-order valence-corrected chi connectivity index (χ2v) is 4.64. The van der Waals surface area contributed by atoms with Crippen LogP contribution in [0.1, 0.15) is 37.0 Å². The molecule has 1 aromatic heterocycles. The van der Waals surface area contributed by atoms with Crippen molar-refractivity contribution in [3.63, 3.8) is 0 Å². The molecule has 0 spiro atoms. The number of nitrogens with one attached hydrogen (secondary N) is 2. The van der Waals surface area contributed by atoms with E-state index in [9.17, 15) is 4.79 Å². The fourth-order valence-electron chi connectivity index (χ4n) is 1.76. The third-order valence-corrected chi connectivity index (χ3v) is 3.06. The van der Waals surface area contributed by atoms with E-state index < -0.39 is 0 Å². The predicted octanol–water partition coefficient (Wildman–Crippen LogP) is 2.04. The zero-order valence-electron chi connectivity index (χ0n) is 10.4. The van der Waals surface area contributed by atoms with E-state index in [1.807, 2.05) is 0 Å². The highest BCUT2D eigenvalue weighted by Crippen LogP contribution is 2.29. The number of carbonyl (C=O) groups excluding carboxylic acids is 1. The van der Waals surface area contributed by atoms with E-state index >= 15 is 0 Å². The van der Waals surface area contributed by atoms with E-state index in [1.54, 1.807) is 18.5 Å². The summed E-state index contributed by atoms with van der Waals surface area (Å²) in [6, 6.07) is 2.12. The molecular weight excluding hydrogens is 214 g/mol. The van der Waals surface area contributed by atoms with Gasteiger partial charge in [-0.2, -0.15) is 0 Å². The Kier molecular flexibility index (Phi) is 3.61. The van der Waals surface area contributed by atoms with E-state index in [2.05, 4.69) is 29.5 Å². The summed E-state index contributed by atoms with van der Waals surface area (Å²) >= 11 is 0. The summed E-state index contributed by atoms with van der Waals surface area (Å²) in [7, 11) is 0. The first-order chi connectivity index (χ1) is 8.22. The van der Waals surface area contributed by atoms with Gasteiger partial charge in [-0.25, -0.2) is 0 Å². The van der Waals surface area contributed by atoms with Crippen LogP contribution in [0.15, 0.2) is 18.5 Å². The minimum absolute atomic E-state index is 0.000327. The van der Waals surface area contributed by atoms with Crippen molar-refractivity contribution in [1.29, 1.82) is 0 Å². The molecule has 1 aliphatic carbocycles. The Bertz CT molecular complexity index is 405. The van der Waals surface area contributed by atoms with Gasteiger partial charge in [0, 0.05) is 18.8 Å². The summed E-state index contributed by atoms with van der Waals surface area (Å²) in [5.74, 6) is 0.619. The lowest BCUT2D eigenvalue weighted by atomic mass is 10.2. The number of rotatable bonds is 5. The number of anilines is 1. The van der Waals surface area contributed by atoms with E-state index in [4.69, 9.17) is 0 Å². The molecule has 17 heavy (non-hydrogen) atoms. The van der Waals surface area contributed by atoms with Gasteiger partial charge < -0.3 is 10.6 Å². The van der Waals surface area contributed by atoms with Crippen molar-refractivity contribution in [2.75, 3.05) is 11.9 Å². The third-order valence-electron chi connectivity index (χ3n) is 3.06. The Hall–Kier alpha value is -1.58. The van der Waals surface area contributed by atoms with Gasteiger partial charge in [-0.1, -0.05) is 13.8 Å². The largest absolute Gasteiger partial charge is 0.383 e. The minimum Gasteiger partial charge on any atom is -0.383 e. The first-order valence-corrected chi connectivity index (χ1v) is 6.21. The van der Waals surface area contributed by atoms with Crippen molar-refractivity contribution < 1.29 is 4.79 Å². The predicted molar refractivity (Wildman–Crippen MR) is 68.1 cm³/mol. The average Bonchev–Trinajstić information content (AvgIpc) is 3.02. The molecule has 1 amide bonds. The Morgan fingerprint density at radius 3 is 3.00 bits per heavy atom. The summed E-state index contributed by atoms with van der Waals surface area (Å²) in [4.78, 5) is 16.1. The van der Waals surface area contributed by atoms with Crippen LogP contribution in [0.4, 0.5) is 5.69 Å². The highest BCUT2D eigenvalue weighted by atomic mass is 16.1. The smallest absolute Gasteiger partial charge is 0.253 e. The number of nitrogens with zero attached hydrogens (tertiary/aromatic N) is 1. The molecule has 0 saturated heterocycles. The van der Waals surface area contributed by atoms with E-state index in [0.717, 1.165) is 25.1 Å². The lowest BCUT2D eigenvalue weighted by molar-refractivity contribution is 0.0950. The van der Waals surface area contributed by atoms with Gasteiger partial charge in [0.05, 0.1) is 17.4 Å². The second kappa shape index (κ2) is 5.17. The van der Waals surface area contributed by atoms with E-state index in [1.165, 1.54) is 0 Å². The SMILES string of the molecule is CCCNc1cnccc1C(=O)NC1CC1C. The summed E-state index contributed by atoms with van der Waals surface area (Å²) < 4.78 is 0. The number of aromatic nitrogens is 1. The summed E-state index contributed by atoms with van der Waals surface area (Å²) in [6.07, 6.45) is 5.48. The van der Waals surface area contributed by atoms with Gasteiger partial charge in [-0.3, -0.25) is 9.78 Å². The van der Waals surface area contributed by atoms with E-state index in [0.29, 0.717) is 17.5 Å². The summed E-state index contributed by atoms with van der Waals surface area (Å²) in [6.45, 7) is 5.09. The normalized spacial score (nSPS) is 22.0. The van der Waals surface area contributed by atoms with Crippen LogP contribution in [0, 0.1) is 5.92 Å². The molecule has 4 heteroatoms. The molecule has 92 valence electrons. The molecule has 2 N–H and O–H groups in total. The highest BCUT2D eigenvalue weighted by Gasteiger charge is 2.34. The van der Waals surface area contributed by atoms with Crippen LogP contribution < -0.4 is 10.6 Å². The van der Waals surface area contributed by atoms with Gasteiger partial charge in [-0.05, 0) is 24.8 Å². The third kappa shape index (κ3) is 2.96. The van der Waals surface area contributed by atoms with Crippen LogP contribution in [0.25, 0.3) is 0 Å². The second-order valence-electron chi connectivity index (χ2n) is 4.64. The average molecular weight is 233 g/mol. The monoisotopic (exact) mass is 233 g/mol. The maximum Gasteiger partial charge on any atom is 0.253 e. The molecule has 1 fully saturated rings. The number of hydrogen-bond donors (Lipinski definition) is 2. The quantitative estimate of drug-likeness (QED) is 0.818. The van der Waals surface area contributed by atoms with Crippen molar-refractivity contribution >= 4 is 11.6 Å². The highest BCUT2D eigenvalue weighted by molar-refractivity contribution is 5.99. The standard InChI is InChI=1S/C13H19N3O/c1-3-5-15-12-8-14-6-4-10(12)13(17)16-11-7-9(11)2/h4,6,8-9,11,15H,3,5,7H2,1-2H3,(H,16,17). The zero-order chi connectivity index (χ0) is 12.3. The van der Waals surface area contributed by atoms with Gasteiger partial charge in [-0.15, -0.1) is 0 Å². The van der Waals surface area contributed by atoms with Gasteiger partial charge in [0.1, 0.15) is 0 Å². The number of carbonyl (C=O) groups is 1. The van der Waals surface area contributed by atoms with Crippen LogP contribution in [-0.4, -0.2) is 23.5 Å². The molecule has 0 aromatic carbocycles. The van der Waals surface area contributed by atoms with Crippen LogP contribution in [0.5, 0.6) is 0 Å². The fraction of sp³-hybridized carbons (Fsp3) is 0.538. The molecule has 0 radical (unpaired) electrons. The molecule has 2 unspecified atom stereocenters. The molecule has 2 atom stereocenters. The van der Waals surface area contributed by atoms with Crippen molar-refractivity contribution in [2.24, 2.45) is 5.92 Å². The van der Waals surface area contributed by atoms with E-state index in [-0.39, 0.29) is 5.91 Å². The molecule has 1 heterocycles. The first-order valence-electron chi connectivity index (χ1n) is 6.21. The molecular formula is C13H19N3O. The zero-order valence-corrected chi connectivity index (χ0v) is 10.4. The van der Waals surface area contributed by atoms with Crippen molar-refractivity contribution in [3.05, 3.63) is 24.0 Å². The fourth-order valence-corrected chi connectivity index (χ4v) is 1.76. The Labute approximate surface area is 102 Å². The summed E-state index contributed by atoms with van der Waals surface area (Å²) in [5, 5.41) is 6.26. The number of hydrogen-bond acceptors (Lipinski definition) is 3. The van der Waals surface area contributed by atoms with Crippen LogP contribution in [0.3, 0.4) is 0 Å². The lowest BCUT2D eigenvalue weighted by Crippen LogP contribution is -2.27. The van der Waals surface area contributed by atoms with Crippen molar-refractivity contribution in [2.45, 2.75) is 32.7 Å². The topological polar surface area (TPSA) is 54.0 Å². The molecule has 2 rings (SSSR count). The Morgan fingerprint density at radius 1 is 1.59 bits per heavy atom. The van der Waals surface area contributed by atoms with Crippen LogP contribution in [0.2, 0.25) is 0 Å². The number of amides is 1. The van der Waals surface area contributed by atoms with Gasteiger partial charge >= 0.3 is 0 Å². The molecule has 0 bridgehead atoms. The van der Waals surface area contributed by atoms with Crippen molar-refractivity contribution in [1.82, 2.24) is 10.3 Å². The molecule has 0 aliphatic heterocycles. The van der Waals surface area contributed by atoms with Gasteiger partial charge in [0.2, 0.25) is 0 Å². The van der Waals surface area contributed by atoms with Gasteiger partial charge in [0.25, 0.3) is 5.91 Å². The molecule has 1 aromatic rings. The minimum atomic E-state index is 0.000327. The van der Waals surface area contributed by atoms with Crippen LogP contribution >= 0.6 is 0 Å². The maximum absolute atomic E-state index is 12.0. The van der Waals surface area contributed by atoms with Crippen LogP contribution in [-0.2, 0) is 0 Å². The molecule has 4 nitrogen and oxygen atoms in total.